The second-order valence-electron chi connectivity index (χ2n) is 9.10. The molecule has 1 fully saturated rings. The number of alkyl halides is 3. The Labute approximate surface area is 215 Å². The Balaban J connectivity index is 1.12. The van der Waals surface area contributed by atoms with Crippen LogP contribution in [0.5, 0.6) is 11.8 Å². The molecule has 12 nitrogen and oxygen atoms in total. The molecule has 1 N–H and O–H groups in total. The first-order valence-electron chi connectivity index (χ1n) is 11.9. The average Bonchev–Trinajstić information content (AvgIpc) is 3.31. The molecule has 5 rings (SSSR count). The largest absolute Gasteiger partial charge is 0.573 e. The lowest BCUT2D eigenvalue weighted by Crippen LogP contribution is -2.52. The molecule has 2 aliphatic rings. The van der Waals surface area contributed by atoms with E-state index in [1.165, 1.54) is 18.3 Å². The van der Waals surface area contributed by atoms with E-state index >= 15 is 0 Å². The van der Waals surface area contributed by atoms with Gasteiger partial charge in [0.25, 0.3) is 0 Å². The van der Waals surface area contributed by atoms with Crippen LogP contribution in [-0.2, 0) is 13.1 Å². The molecule has 38 heavy (non-hydrogen) atoms. The van der Waals surface area contributed by atoms with Crippen LogP contribution in [0.25, 0.3) is 0 Å². The van der Waals surface area contributed by atoms with Crippen LogP contribution in [0, 0.1) is 10.1 Å². The molecular formula is C23H25F3N8O4. The zero-order valence-corrected chi connectivity index (χ0v) is 20.3. The average molecular weight is 534 g/mol. The molecule has 4 heterocycles. The molecule has 2 aliphatic heterocycles. The molecule has 0 bridgehead atoms. The van der Waals surface area contributed by atoms with E-state index in [9.17, 15) is 23.3 Å². The van der Waals surface area contributed by atoms with Crippen LogP contribution in [0.1, 0.15) is 12.5 Å². The van der Waals surface area contributed by atoms with Crippen molar-refractivity contribution in [2.24, 2.45) is 0 Å². The lowest BCUT2D eigenvalue weighted by atomic mass is 10.1. The summed E-state index contributed by atoms with van der Waals surface area (Å²) in [5.41, 5.74) is 1.70. The van der Waals surface area contributed by atoms with Crippen LogP contribution in [0.15, 0.2) is 42.9 Å². The van der Waals surface area contributed by atoms with E-state index in [0.29, 0.717) is 45.3 Å². The van der Waals surface area contributed by atoms with E-state index in [1.54, 1.807) is 29.1 Å². The quantitative estimate of drug-likeness (QED) is 0.357. The van der Waals surface area contributed by atoms with Crippen molar-refractivity contribution in [3.8, 4) is 11.8 Å². The number of nitrogens with one attached hydrogen (secondary N) is 1. The molecule has 0 aliphatic carbocycles. The van der Waals surface area contributed by atoms with Crippen LogP contribution in [0.3, 0.4) is 0 Å². The fourth-order valence-corrected chi connectivity index (χ4v) is 4.51. The number of imidazole rings is 1. The standard InChI is InChI=1S/C23H25F3N8O4/c1-15-11-31(18-2-4-19(5-3-18)38-23(24,25)26)6-7-33(15)21-28-9-16(10-29-21)8-27-17-12-32-13-20(34(35)36)30-22(32)37-14-17/h2-5,9-10,13,15,17,27H,6-8,11-12,14H2,1H3/t15?,17-/m0/s1. The van der Waals surface area contributed by atoms with Crippen LogP contribution < -0.4 is 24.6 Å². The van der Waals surface area contributed by atoms with Gasteiger partial charge in [0.15, 0.2) is 0 Å². The third kappa shape index (κ3) is 5.88. The summed E-state index contributed by atoms with van der Waals surface area (Å²) in [7, 11) is 0. The minimum atomic E-state index is -4.71. The summed E-state index contributed by atoms with van der Waals surface area (Å²) < 4.78 is 48.3. The second-order valence-corrected chi connectivity index (χ2v) is 9.10. The van der Waals surface area contributed by atoms with Crippen LogP contribution in [0.2, 0.25) is 0 Å². The molecule has 2 atom stereocenters. The fourth-order valence-electron chi connectivity index (χ4n) is 4.51. The molecule has 2 aromatic heterocycles. The number of nitrogens with zero attached hydrogens (tertiary/aromatic N) is 7. The number of rotatable bonds is 7. The lowest BCUT2D eigenvalue weighted by Gasteiger charge is -2.41. The summed E-state index contributed by atoms with van der Waals surface area (Å²) in [4.78, 5) is 27.5. The number of nitro groups is 1. The van der Waals surface area contributed by atoms with Gasteiger partial charge in [-0.25, -0.2) is 9.97 Å². The highest BCUT2D eigenvalue weighted by molar-refractivity contribution is 5.51. The van der Waals surface area contributed by atoms with E-state index in [2.05, 4.69) is 34.8 Å². The minimum Gasteiger partial charge on any atom is -0.444 e. The predicted molar refractivity (Wildman–Crippen MR) is 129 cm³/mol. The minimum absolute atomic E-state index is 0.0572. The van der Waals surface area contributed by atoms with Crippen molar-refractivity contribution in [1.29, 1.82) is 0 Å². The van der Waals surface area contributed by atoms with Crippen molar-refractivity contribution in [2.75, 3.05) is 36.0 Å². The van der Waals surface area contributed by atoms with Gasteiger partial charge in [0.05, 0.1) is 6.04 Å². The van der Waals surface area contributed by atoms with Gasteiger partial charge >= 0.3 is 18.2 Å². The van der Waals surface area contributed by atoms with Gasteiger partial charge in [0.1, 0.15) is 18.6 Å². The van der Waals surface area contributed by atoms with Crippen molar-refractivity contribution in [1.82, 2.24) is 24.8 Å². The Morgan fingerprint density at radius 2 is 1.92 bits per heavy atom. The molecule has 3 aromatic rings. The Hall–Kier alpha value is -4.14. The van der Waals surface area contributed by atoms with Gasteiger partial charge in [-0.15, -0.1) is 13.2 Å². The smallest absolute Gasteiger partial charge is 0.444 e. The van der Waals surface area contributed by atoms with Gasteiger partial charge in [0, 0.05) is 67.4 Å². The highest BCUT2D eigenvalue weighted by Gasteiger charge is 2.31. The molecule has 15 heteroatoms. The molecule has 1 saturated heterocycles. The van der Waals surface area contributed by atoms with Crippen molar-refractivity contribution in [3.63, 3.8) is 0 Å². The van der Waals surface area contributed by atoms with E-state index in [4.69, 9.17) is 4.74 Å². The normalized spacial score (nSPS) is 19.6. The number of aromatic nitrogens is 4. The highest BCUT2D eigenvalue weighted by Crippen LogP contribution is 2.27. The second kappa shape index (κ2) is 10.3. The van der Waals surface area contributed by atoms with Crippen molar-refractivity contribution >= 4 is 17.5 Å². The summed E-state index contributed by atoms with van der Waals surface area (Å²) in [6.45, 7) is 5.34. The maximum atomic E-state index is 12.4. The first kappa shape index (κ1) is 25.5. The summed E-state index contributed by atoms with van der Waals surface area (Å²) >= 11 is 0. The zero-order valence-electron chi connectivity index (χ0n) is 20.3. The molecular weight excluding hydrogens is 509 g/mol. The molecule has 0 saturated carbocycles. The summed E-state index contributed by atoms with van der Waals surface area (Å²) in [6, 6.07) is 6.12. The number of benzene rings is 1. The molecule has 0 radical (unpaired) electrons. The van der Waals surface area contributed by atoms with E-state index in [0.717, 1.165) is 11.3 Å². The number of ether oxygens (including phenoxy) is 2. The first-order chi connectivity index (χ1) is 18.1. The Morgan fingerprint density at radius 1 is 1.18 bits per heavy atom. The van der Waals surface area contributed by atoms with E-state index in [1.807, 2.05) is 6.92 Å². The Kier molecular flexibility index (Phi) is 6.93. The van der Waals surface area contributed by atoms with E-state index < -0.39 is 11.3 Å². The van der Waals surface area contributed by atoms with Crippen LogP contribution >= 0.6 is 0 Å². The summed E-state index contributed by atoms with van der Waals surface area (Å²) in [5, 5.41) is 14.3. The SMILES string of the molecule is CC1CN(c2ccc(OC(F)(F)F)cc2)CCN1c1ncc(CN[C@@H]2COc3nc([N+](=O)[O-])cn3C2)cn1. The Morgan fingerprint density at radius 3 is 2.58 bits per heavy atom. The number of piperazine rings is 1. The number of hydrogen-bond donors (Lipinski definition) is 1. The monoisotopic (exact) mass is 534 g/mol. The topological polar surface area (TPSA) is 124 Å². The van der Waals surface area contributed by atoms with Crippen molar-refractivity contribution in [2.45, 2.75) is 38.5 Å². The van der Waals surface area contributed by atoms with Gasteiger partial charge in [0.2, 0.25) is 5.95 Å². The van der Waals surface area contributed by atoms with E-state index in [-0.39, 0.29) is 29.7 Å². The van der Waals surface area contributed by atoms with Crippen LogP contribution in [0.4, 0.5) is 30.6 Å². The maximum absolute atomic E-state index is 12.4. The maximum Gasteiger partial charge on any atom is 0.573 e. The molecule has 0 amide bonds. The zero-order chi connectivity index (χ0) is 26.9. The van der Waals surface area contributed by atoms with Gasteiger partial charge < -0.3 is 34.7 Å². The van der Waals surface area contributed by atoms with Gasteiger partial charge in [-0.05, 0) is 36.1 Å². The van der Waals surface area contributed by atoms with Gasteiger partial charge in [-0.2, -0.15) is 0 Å². The number of anilines is 2. The number of fused-ring (bicyclic) bond motifs is 1. The van der Waals surface area contributed by atoms with Crippen molar-refractivity contribution in [3.05, 3.63) is 58.5 Å². The van der Waals surface area contributed by atoms with Crippen LogP contribution in [-0.4, -0.2) is 69.1 Å². The lowest BCUT2D eigenvalue weighted by molar-refractivity contribution is -0.389. The summed E-state index contributed by atoms with van der Waals surface area (Å²) in [5.74, 6) is 0.113. The third-order valence-corrected chi connectivity index (χ3v) is 6.35. The highest BCUT2D eigenvalue weighted by atomic mass is 19.4. The summed E-state index contributed by atoms with van der Waals surface area (Å²) in [6.07, 6.45) is 0.156. The fraction of sp³-hybridized carbons (Fsp3) is 0.435. The molecule has 1 unspecified atom stereocenters. The predicted octanol–water partition coefficient (Wildman–Crippen LogP) is 2.75. The molecule has 0 spiro atoms. The number of halogens is 3. The third-order valence-electron chi connectivity index (χ3n) is 6.35. The molecule has 1 aromatic carbocycles. The first-order valence-corrected chi connectivity index (χ1v) is 11.9. The van der Waals surface area contributed by atoms with Gasteiger partial charge in [-0.3, -0.25) is 4.57 Å². The number of hydrogen-bond acceptors (Lipinski definition) is 10. The molecule has 202 valence electrons. The van der Waals surface area contributed by atoms with Gasteiger partial charge in [-0.1, -0.05) is 0 Å². The Bertz CT molecular complexity index is 1270. The van der Waals surface area contributed by atoms with Crippen molar-refractivity contribution < 1.29 is 27.6 Å².